The third kappa shape index (κ3) is 5.43. The lowest BCUT2D eigenvalue weighted by molar-refractivity contribution is 0.107. The standard InChI is InChI=1S/C29H18Cl4O4/c30-17-37-25-15-13-24(14-16-25)29(21-7-1-18(2-8-21)26(31)34,22-9-3-19(4-10-22)27(32)35)23-11-5-20(6-12-23)28(33)36/h1-16H,17H2. The summed E-state index contributed by atoms with van der Waals surface area (Å²) < 4.78 is 5.43. The topological polar surface area (TPSA) is 60.4 Å². The quantitative estimate of drug-likeness (QED) is 0.117. The maximum absolute atomic E-state index is 11.8. The van der Waals surface area contributed by atoms with Crippen LogP contribution in [0, 0.1) is 0 Å². The van der Waals surface area contributed by atoms with E-state index in [4.69, 9.17) is 51.1 Å². The SMILES string of the molecule is O=C(Cl)c1ccc(C(c2ccc(OCCl)cc2)(c2ccc(C(=O)Cl)cc2)c2ccc(C(=O)Cl)cc2)cc1. The molecule has 4 aromatic carbocycles. The van der Waals surface area contributed by atoms with E-state index in [1.807, 2.05) is 48.5 Å². The first-order valence-electron chi connectivity index (χ1n) is 11.0. The number of benzene rings is 4. The van der Waals surface area contributed by atoms with Gasteiger partial charge in [0.1, 0.15) is 5.75 Å². The molecule has 8 heteroatoms. The number of ether oxygens (including phenoxy) is 1. The molecule has 0 aliphatic carbocycles. The van der Waals surface area contributed by atoms with Gasteiger partial charge in [-0.1, -0.05) is 60.1 Å². The average Bonchev–Trinajstić information content (AvgIpc) is 2.91. The molecule has 0 heterocycles. The Labute approximate surface area is 233 Å². The molecule has 186 valence electrons. The lowest BCUT2D eigenvalue weighted by Gasteiger charge is -2.37. The first-order chi connectivity index (χ1) is 17.8. The second-order valence-electron chi connectivity index (χ2n) is 8.08. The highest BCUT2D eigenvalue weighted by Gasteiger charge is 2.38. The van der Waals surface area contributed by atoms with E-state index in [1.165, 1.54) is 0 Å². The molecule has 0 aliphatic rings. The first-order valence-corrected chi connectivity index (χ1v) is 12.6. The van der Waals surface area contributed by atoms with Gasteiger partial charge in [-0.05, 0) is 106 Å². The number of carbonyl (C=O) groups excluding carboxylic acids is 3. The largest absolute Gasteiger partial charge is 0.478 e. The van der Waals surface area contributed by atoms with Crippen LogP contribution in [-0.4, -0.2) is 21.8 Å². The summed E-state index contributed by atoms with van der Waals surface area (Å²) in [4.78, 5) is 35.3. The van der Waals surface area contributed by atoms with Gasteiger partial charge < -0.3 is 4.74 Å². The van der Waals surface area contributed by atoms with Crippen molar-refractivity contribution in [2.24, 2.45) is 0 Å². The summed E-state index contributed by atoms with van der Waals surface area (Å²) in [7, 11) is 0. The van der Waals surface area contributed by atoms with E-state index in [1.54, 1.807) is 48.5 Å². The Morgan fingerprint density at radius 2 is 0.784 bits per heavy atom. The molecule has 0 unspecified atom stereocenters. The molecule has 0 spiro atoms. The van der Waals surface area contributed by atoms with Crippen molar-refractivity contribution in [1.82, 2.24) is 0 Å². The predicted molar refractivity (Wildman–Crippen MR) is 147 cm³/mol. The molecule has 0 aromatic heterocycles. The van der Waals surface area contributed by atoms with Crippen LogP contribution in [0.1, 0.15) is 53.3 Å². The van der Waals surface area contributed by atoms with E-state index < -0.39 is 21.1 Å². The molecule has 0 N–H and O–H groups in total. The average molecular weight is 572 g/mol. The second-order valence-corrected chi connectivity index (χ2v) is 9.33. The van der Waals surface area contributed by atoms with Crippen molar-refractivity contribution in [1.29, 1.82) is 0 Å². The van der Waals surface area contributed by atoms with E-state index >= 15 is 0 Å². The van der Waals surface area contributed by atoms with Crippen molar-refractivity contribution < 1.29 is 19.1 Å². The Morgan fingerprint density at radius 3 is 1.03 bits per heavy atom. The van der Waals surface area contributed by atoms with Gasteiger partial charge in [-0.25, -0.2) is 0 Å². The number of alkyl halides is 1. The van der Waals surface area contributed by atoms with Crippen LogP contribution in [0.4, 0.5) is 0 Å². The fourth-order valence-electron chi connectivity index (χ4n) is 4.42. The van der Waals surface area contributed by atoms with Crippen molar-refractivity contribution >= 4 is 62.1 Å². The molecule has 0 radical (unpaired) electrons. The monoisotopic (exact) mass is 570 g/mol. The Kier molecular flexibility index (Phi) is 8.35. The smallest absolute Gasteiger partial charge is 0.252 e. The predicted octanol–water partition coefficient (Wildman–Crippen LogP) is 7.78. The van der Waals surface area contributed by atoms with Gasteiger partial charge in [-0.3, -0.25) is 14.4 Å². The Hall–Kier alpha value is -3.15. The van der Waals surface area contributed by atoms with Crippen LogP contribution in [0.2, 0.25) is 0 Å². The Morgan fingerprint density at radius 1 is 0.514 bits per heavy atom. The number of rotatable bonds is 9. The minimum Gasteiger partial charge on any atom is -0.478 e. The van der Waals surface area contributed by atoms with Gasteiger partial charge in [0.05, 0.1) is 5.41 Å². The van der Waals surface area contributed by atoms with Crippen molar-refractivity contribution in [3.05, 3.63) is 136 Å². The Bertz CT molecular complexity index is 1290. The first kappa shape index (κ1) is 26.9. The van der Waals surface area contributed by atoms with Crippen LogP contribution in [0.15, 0.2) is 97.1 Å². The summed E-state index contributed by atoms with van der Waals surface area (Å²) in [6, 6.07) is 28.2. The van der Waals surface area contributed by atoms with Gasteiger partial charge >= 0.3 is 0 Å². The molecule has 0 saturated heterocycles. The van der Waals surface area contributed by atoms with E-state index in [-0.39, 0.29) is 6.07 Å². The molecular weight excluding hydrogens is 554 g/mol. The highest BCUT2D eigenvalue weighted by Crippen LogP contribution is 2.46. The molecule has 4 nitrogen and oxygen atoms in total. The maximum atomic E-state index is 11.8. The zero-order valence-corrected chi connectivity index (χ0v) is 22.1. The molecular formula is C29H18Cl4O4. The van der Waals surface area contributed by atoms with E-state index in [9.17, 15) is 14.4 Å². The lowest BCUT2D eigenvalue weighted by Crippen LogP contribution is -2.31. The van der Waals surface area contributed by atoms with E-state index in [0.29, 0.717) is 22.4 Å². The highest BCUT2D eigenvalue weighted by molar-refractivity contribution is 6.68. The normalized spacial score (nSPS) is 11.1. The van der Waals surface area contributed by atoms with Crippen LogP contribution in [-0.2, 0) is 5.41 Å². The van der Waals surface area contributed by atoms with Crippen molar-refractivity contribution in [3.63, 3.8) is 0 Å². The van der Waals surface area contributed by atoms with Gasteiger partial charge in [0.15, 0.2) is 6.07 Å². The third-order valence-electron chi connectivity index (χ3n) is 6.14. The van der Waals surface area contributed by atoms with E-state index in [2.05, 4.69) is 0 Å². The molecule has 0 fully saturated rings. The number of carbonyl (C=O) groups is 3. The molecule has 4 rings (SSSR count). The summed E-state index contributed by atoms with van der Waals surface area (Å²) in [5, 5.41) is -1.72. The van der Waals surface area contributed by atoms with Crippen molar-refractivity contribution in [3.8, 4) is 5.75 Å². The van der Waals surface area contributed by atoms with Gasteiger partial charge in [0, 0.05) is 16.7 Å². The van der Waals surface area contributed by atoms with Gasteiger partial charge in [-0.2, -0.15) is 0 Å². The minimum absolute atomic E-state index is 0.000238. The van der Waals surface area contributed by atoms with Gasteiger partial charge in [0.25, 0.3) is 15.7 Å². The fraction of sp³-hybridized carbons (Fsp3) is 0.0690. The number of halogens is 4. The number of hydrogen-bond donors (Lipinski definition) is 0. The lowest BCUT2D eigenvalue weighted by atomic mass is 9.65. The van der Waals surface area contributed by atoms with Crippen LogP contribution >= 0.6 is 46.4 Å². The van der Waals surface area contributed by atoms with Crippen molar-refractivity contribution in [2.75, 3.05) is 6.07 Å². The summed E-state index contributed by atoms with van der Waals surface area (Å²) in [6.45, 7) is 0. The number of hydrogen-bond acceptors (Lipinski definition) is 4. The van der Waals surface area contributed by atoms with Crippen LogP contribution < -0.4 is 4.74 Å². The minimum atomic E-state index is -0.949. The molecule has 0 bridgehead atoms. The summed E-state index contributed by atoms with van der Waals surface area (Å²) in [5.41, 5.74) is 3.33. The second kappa shape index (κ2) is 11.5. The van der Waals surface area contributed by atoms with Crippen molar-refractivity contribution in [2.45, 2.75) is 5.41 Å². The summed E-state index contributed by atoms with van der Waals surface area (Å²) in [5.74, 6) is 0.585. The molecule has 0 amide bonds. The maximum Gasteiger partial charge on any atom is 0.252 e. The van der Waals surface area contributed by atoms with Crippen LogP contribution in [0.5, 0.6) is 5.75 Å². The molecule has 0 atom stereocenters. The fourth-order valence-corrected chi connectivity index (χ4v) is 4.92. The molecule has 4 aromatic rings. The zero-order valence-electron chi connectivity index (χ0n) is 19.1. The summed E-state index contributed by atoms with van der Waals surface area (Å²) >= 11 is 22.9. The van der Waals surface area contributed by atoms with Crippen LogP contribution in [0.3, 0.4) is 0 Å². The molecule has 0 saturated carbocycles. The highest BCUT2D eigenvalue weighted by atomic mass is 35.5. The van der Waals surface area contributed by atoms with E-state index in [0.717, 1.165) is 22.3 Å². The molecule has 37 heavy (non-hydrogen) atoms. The van der Waals surface area contributed by atoms with Gasteiger partial charge in [-0.15, -0.1) is 0 Å². The molecule has 0 aliphatic heterocycles. The Balaban J connectivity index is 2.06. The zero-order chi connectivity index (χ0) is 26.6. The summed E-state index contributed by atoms with van der Waals surface area (Å²) in [6.07, 6.45) is 0. The third-order valence-corrected chi connectivity index (χ3v) is 6.91. The van der Waals surface area contributed by atoms with Gasteiger partial charge in [0.2, 0.25) is 0 Å². The van der Waals surface area contributed by atoms with Crippen LogP contribution in [0.25, 0.3) is 0 Å².